The van der Waals surface area contributed by atoms with Gasteiger partial charge in [0.05, 0.1) is 0 Å². The van der Waals surface area contributed by atoms with E-state index in [0.29, 0.717) is 5.92 Å². The van der Waals surface area contributed by atoms with Gasteiger partial charge in [0.1, 0.15) is 0 Å². The Hall–Kier alpha value is -1.87. The van der Waals surface area contributed by atoms with Crippen molar-refractivity contribution in [1.29, 1.82) is 0 Å². The summed E-state index contributed by atoms with van der Waals surface area (Å²) in [5, 5.41) is 0. The summed E-state index contributed by atoms with van der Waals surface area (Å²) in [5.41, 5.74) is 7.51. The van der Waals surface area contributed by atoms with E-state index in [1.807, 2.05) is 13.2 Å². The lowest BCUT2D eigenvalue weighted by Gasteiger charge is -2.27. The minimum atomic E-state index is 0.160. The number of hydrogen-bond acceptors (Lipinski definition) is 2. The normalized spacial score (nSPS) is 15.0. The van der Waals surface area contributed by atoms with Crippen LogP contribution in [-0.4, -0.2) is 23.1 Å². The third-order valence-electron chi connectivity index (χ3n) is 4.97. The molecule has 0 aliphatic carbocycles. The van der Waals surface area contributed by atoms with E-state index >= 15 is 0 Å². The van der Waals surface area contributed by atoms with Crippen molar-refractivity contribution in [2.45, 2.75) is 39.7 Å². The first kappa shape index (κ1) is 16.0. The first-order valence-corrected chi connectivity index (χ1v) is 8.39. The number of pyridine rings is 1. The van der Waals surface area contributed by atoms with Crippen molar-refractivity contribution >= 4 is 0 Å². The molecule has 1 aliphatic rings. The monoisotopic (exact) mass is 310 g/mol. The molecular formula is C20H26N2O. The van der Waals surface area contributed by atoms with E-state index in [-0.39, 0.29) is 5.56 Å². The Morgan fingerprint density at radius 3 is 2.57 bits per heavy atom. The predicted octanol–water partition coefficient (Wildman–Crippen LogP) is 3.47. The summed E-state index contributed by atoms with van der Waals surface area (Å²) in [6.45, 7) is 8.44. The summed E-state index contributed by atoms with van der Waals surface area (Å²) < 4.78 is 1.74. The smallest absolute Gasteiger partial charge is 0.253 e. The molecule has 0 fully saturated rings. The van der Waals surface area contributed by atoms with Crippen LogP contribution in [-0.2, 0) is 20.0 Å². The van der Waals surface area contributed by atoms with Gasteiger partial charge >= 0.3 is 0 Å². The molecule has 3 nitrogen and oxygen atoms in total. The van der Waals surface area contributed by atoms with Crippen molar-refractivity contribution in [3.05, 3.63) is 57.0 Å². The highest BCUT2D eigenvalue weighted by molar-refractivity contribution is 5.69. The Balaban J connectivity index is 2.23. The number of fused-ring (bicyclic) bond motifs is 1. The van der Waals surface area contributed by atoms with E-state index in [2.05, 4.69) is 50.9 Å². The second-order valence-electron chi connectivity index (χ2n) is 7.13. The average Bonchev–Trinajstić information content (AvgIpc) is 2.51. The predicted molar refractivity (Wildman–Crippen MR) is 96.0 cm³/mol. The fourth-order valence-electron chi connectivity index (χ4n) is 3.60. The SMILES string of the molecule is Cc1ccc(-c2cn(C)c(=O)c3c2CN(C)CC3)cc1C(C)C. The van der Waals surface area contributed by atoms with Crippen molar-refractivity contribution in [3.8, 4) is 11.1 Å². The van der Waals surface area contributed by atoms with Crippen molar-refractivity contribution in [3.63, 3.8) is 0 Å². The Morgan fingerprint density at radius 1 is 1.13 bits per heavy atom. The third-order valence-corrected chi connectivity index (χ3v) is 4.97. The largest absolute Gasteiger partial charge is 0.318 e. The molecule has 0 amide bonds. The van der Waals surface area contributed by atoms with Gasteiger partial charge in [-0.05, 0) is 48.6 Å². The number of benzene rings is 1. The summed E-state index contributed by atoms with van der Waals surface area (Å²) in [6, 6.07) is 6.69. The fraction of sp³-hybridized carbons (Fsp3) is 0.450. The van der Waals surface area contributed by atoms with Gasteiger partial charge in [0, 0.05) is 37.5 Å². The molecule has 2 heterocycles. The van der Waals surface area contributed by atoms with Crippen LogP contribution in [0.15, 0.2) is 29.2 Å². The molecule has 1 aliphatic heterocycles. The molecule has 2 aromatic rings. The van der Waals surface area contributed by atoms with Gasteiger partial charge in [0.2, 0.25) is 0 Å². The van der Waals surface area contributed by atoms with E-state index in [0.717, 1.165) is 25.1 Å². The van der Waals surface area contributed by atoms with Crippen LogP contribution in [0.1, 0.15) is 42.0 Å². The molecule has 23 heavy (non-hydrogen) atoms. The van der Waals surface area contributed by atoms with E-state index in [4.69, 9.17) is 0 Å². The zero-order chi connectivity index (χ0) is 16.7. The second-order valence-corrected chi connectivity index (χ2v) is 7.13. The number of rotatable bonds is 2. The van der Waals surface area contributed by atoms with Gasteiger partial charge in [-0.25, -0.2) is 0 Å². The Kier molecular flexibility index (Phi) is 4.15. The molecule has 1 aromatic carbocycles. The molecule has 3 rings (SSSR count). The minimum absolute atomic E-state index is 0.160. The molecule has 0 spiro atoms. The Bertz CT molecular complexity index is 802. The minimum Gasteiger partial charge on any atom is -0.318 e. The molecule has 0 unspecified atom stereocenters. The Morgan fingerprint density at radius 2 is 1.87 bits per heavy atom. The van der Waals surface area contributed by atoms with Gasteiger partial charge < -0.3 is 9.47 Å². The Labute approximate surface area is 138 Å². The van der Waals surface area contributed by atoms with Crippen molar-refractivity contribution in [2.24, 2.45) is 7.05 Å². The van der Waals surface area contributed by atoms with E-state index in [1.165, 1.54) is 27.8 Å². The zero-order valence-electron chi connectivity index (χ0n) is 14.8. The highest BCUT2D eigenvalue weighted by Gasteiger charge is 2.21. The van der Waals surface area contributed by atoms with Gasteiger partial charge in [0.15, 0.2) is 0 Å². The highest BCUT2D eigenvalue weighted by Crippen LogP contribution is 2.31. The van der Waals surface area contributed by atoms with Crippen LogP contribution in [0.3, 0.4) is 0 Å². The van der Waals surface area contributed by atoms with Crippen LogP contribution in [0, 0.1) is 6.92 Å². The third kappa shape index (κ3) is 2.86. The lowest BCUT2D eigenvalue weighted by Crippen LogP contribution is -2.34. The van der Waals surface area contributed by atoms with Gasteiger partial charge in [-0.3, -0.25) is 4.79 Å². The van der Waals surface area contributed by atoms with Crippen LogP contribution in [0.5, 0.6) is 0 Å². The maximum atomic E-state index is 12.5. The van der Waals surface area contributed by atoms with E-state index in [1.54, 1.807) is 4.57 Å². The molecule has 0 bridgehead atoms. The number of likely N-dealkylation sites (N-methyl/N-ethyl adjacent to an activating group) is 1. The summed E-state index contributed by atoms with van der Waals surface area (Å²) in [4.78, 5) is 14.8. The van der Waals surface area contributed by atoms with Crippen LogP contribution in [0.25, 0.3) is 11.1 Å². The standard InChI is InChI=1S/C20H26N2O/c1-13(2)17-10-15(7-6-14(17)3)18-12-22(5)20(23)16-8-9-21(4)11-19(16)18/h6-7,10,12-13H,8-9,11H2,1-5H3. The summed E-state index contributed by atoms with van der Waals surface area (Å²) in [5.74, 6) is 0.501. The number of aromatic nitrogens is 1. The summed E-state index contributed by atoms with van der Waals surface area (Å²) >= 11 is 0. The first-order chi connectivity index (χ1) is 10.9. The van der Waals surface area contributed by atoms with Gasteiger partial charge in [-0.2, -0.15) is 0 Å². The lowest BCUT2D eigenvalue weighted by atomic mass is 9.89. The van der Waals surface area contributed by atoms with Gasteiger partial charge in [0.25, 0.3) is 5.56 Å². The molecule has 122 valence electrons. The topological polar surface area (TPSA) is 25.2 Å². The molecule has 0 saturated heterocycles. The lowest BCUT2D eigenvalue weighted by molar-refractivity contribution is 0.311. The maximum Gasteiger partial charge on any atom is 0.253 e. The fourth-order valence-corrected chi connectivity index (χ4v) is 3.60. The zero-order valence-corrected chi connectivity index (χ0v) is 14.8. The van der Waals surface area contributed by atoms with Crippen molar-refractivity contribution < 1.29 is 0 Å². The number of aryl methyl sites for hydroxylation is 2. The maximum absolute atomic E-state index is 12.5. The molecule has 0 N–H and O–H groups in total. The molecule has 0 atom stereocenters. The summed E-state index contributed by atoms with van der Waals surface area (Å²) in [6.07, 6.45) is 2.85. The molecular weight excluding hydrogens is 284 g/mol. The quantitative estimate of drug-likeness (QED) is 0.848. The highest BCUT2D eigenvalue weighted by atomic mass is 16.1. The molecule has 1 aromatic heterocycles. The van der Waals surface area contributed by atoms with Crippen molar-refractivity contribution in [2.75, 3.05) is 13.6 Å². The van der Waals surface area contributed by atoms with Crippen molar-refractivity contribution in [1.82, 2.24) is 9.47 Å². The van der Waals surface area contributed by atoms with Gasteiger partial charge in [-0.1, -0.05) is 32.0 Å². The van der Waals surface area contributed by atoms with Crippen LogP contribution < -0.4 is 5.56 Å². The van der Waals surface area contributed by atoms with Gasteiger partial charge in [-0.15, -0.1) is 0 Å². The van der Waals surface area contributed by atoms with Crippen LogP contribution in [0.4, 0.5) is 0 Å². The average molecular weight is 310 g/mol. The first-order valence-electron chi connectivity index (χ1n) is 8.39. The molecule has 0 saturated carbocycles. The number of hydrogen-bond donors (Lipinski definition) is 0. The molecule has 0 radical (unpaired) electrons. The van der Waals surface area contributed by atoms with E-state index in [9.17, 15) is 4.79 Å². The molecule has 3 heteroatoms. The summed E-state index contributed by atoms with van der Waals surface area (Å²) in [7, 11) is 3.99. The van der Waals surface area contributed by atoms with Crippen LogP contribution >= 0.6 is 0 Å². The van der Waals surface area contributed by atoms with Crippen LogP contribution in [0.2, 0.25) is 0 Å². The number of nitrogens with zero attached hydrogens (tertiary/aromatic N) is 2. The second kappa shape index (κ2) is 5.97. The van der Waals surface area contributed by atoms with E-state index < -0.39 is 0 Å².